The Labute approximate surface area is 202 Å². The molecule has 4 aromatic rings. The topological polar surface area (TPSA) is 80.1 Å². The van der Waals surface area contributed by atoms with Gasteiger partial charge >= 0.3 is 0 Å². The first-order valence-electron chi connectivity index (χ1n) is 11.2. The number of hydrogen-bond acceptors (Lipinski definition) is 5. The number of fused-ring (bicyclic) bond motifs is 1. The first-order valence-corrected chi connectivity index (χ1v) is 12.2. The quantitative estimate of drug-likeness (QED) is 0.444. The van der Waals surface area contributed by atoms with Crippen molar-refractivity contribution in [2.45, 2.75) is 32.4 Å². The lowest BCUT2D eigenvalue weighted by molar-refractivity contribution is 0.0949. The Hall–Kier alpha value is -3.78. The van der Waals surface area contributed by atoms with E-state index in [2.05, 4.69) is 15.4 Å². The van der Waals surface area contributed by atoms with Crippen molar-refractivity contribution in [3.63, 3.8) is 0 Å². The normalized spacial score (nSPS) is 14.9. The summed E-state index contributed by atoms with van der Waals surface area (Å²) in [5.74, 6) is 0.199. The number of benzene rings is 2. The fourth-order valence-electron chi connectivity index (χ4n) is 4.12. The van der Waals surface area contributed by atoms with E-state index in [-0.39, 0.29) is 23.8 Å². The molecule has 0 fully saturated rings. The molecule has 1 N–H and O–H groups in total. The van der Waals surface area contributed by atoms with E-state index in [1.807, 2.05) is 77.8 Å². The van der Waals surface area contributed by atoms with Crippen LogP contribution in [-0.4, -0.2) is 33.1 Å². The predicted octanol–water partition coefficient (Wildman–Crippen LogP) is 4.64. The lowest BCUT2D eigenvalue weighted by Gasteiger charge is -2.18. The highest BCUT2D eigenvalue weighted by Gasteiger charge is 2.36. The van der Waals surface area contributed by atoms with Crippen molar-refractivity contribution in [2.24, 2.45) is 0 Å². The van der Waals surface area contributed by atoms with Gasteiger partial charge in [-0.3, -0.25) is 14.3 Å². The van der Waals surface area contributed by atoms with Gasteiger partial charge in [-0.15, -0.1) is 0 Å². The molecule has 2 amide bonds. The fourth-order valence-corrected chi connectivity index (χ4v) is 4.79. The number of aromatic nitrogens is 3. The number of carbonyl (C=O) groups is 2. The Kier molecular flexibility index (Phi) is 5.98. The number of anilines is 1. The zero-order valence-corrected chi connectivity index (χ0v) is 19.8. The third-order valence-electron chi connectivity index (χ3n) is 5.99. The second kappa shape index (κ2) is 9.23. The highest BCUT2D eigenvalue weighted by atomic mass is 32.1. The first kappa shape index (κ1) is 22.0. The molecular formula is C26H25N5O2S. The van der Waals surface area contributed by atoms with Crippen LogP contribution in [0.4, 0.5) is 5.69 Å². The Balaban J connectivity index is 1.48. The van der Waals surface area contributed by atoms with Crippen LogP contribution in [0.2, 0.25) is 0 Å². The molecule has 0 saturated carbocycles. The van der Waals surface area contributed by atoms with E-state index in [1.54, 1.807) is 28.6 Å². The zero-order chi connectivity index (χ0) is 23.7. The van der Waals surface area contributed by atoms with Gasteiger partial charge in [0, 0.05) is 35.9 Å². The summed E-state index contributed by atoms with van der Waals surface area (Å²) in [6.45, 7) is 4.98. The molecule has 0 unspecified atom stereocenters. The van der Waals surface area contributed by atoms with Gasteiger partial charge < -0.3 is 10.2 Å². The average Bonchev–Trinajstić information content (AvgIpc) is 3.62. The molecule has 2 aromatic carbocycles. The maximum Gasteiger partial charge on any atom is 0.258 e. The minimum atomic E-state index is -0.215. The van der Waals surface area contributed by atoms with Gasteiger partial charge in [-0.2, -0.15) is 16.4 Å². The summed E-state index contributed by atoms with van der Waals surface area (Å²) in [6, 6.07) is 16.9. The van der Waals surface area contributed by atoms with Crippen LogP contribution in [0.5, 0.6) is 0 Å². The van der Waals surface area contributed by atoms with Crippen LogP contribution in [0.3, 0.4) is 0 Å². The molecule has 8 heteroatoms. The van der Waals surface area contributed by atoms with Gasteiger partial charge in [0.1, 0.15) is 6.33 Å². The van der Waals surface area contributed by atoms with E-state index in [1.165, 1.54) is 0 Å². The van der Waals surface area contributed by atoms with Crippen LogP contribution in [0.15, 0.2) is 71.7 Å². The van der Waals surface area contributed by atoms with Crippen LogP contribution in [0.1, 0.15) is 63.5 Å². The van der Waals surface area contributed by atoms with E-state index >= 15 is 0 Å². The summed E-state index contributed by atoms with van der Waals surface area (Å²) < 4.78 is 1.81. The van der Waals surface area contributed by atoms with Crippen molar-refractivity contribution < 1.29 is 9.59 Å². The number of amides is 2. The summed E-state index contributed by atoms with van der Waals surface area (Å²) in [5.41, 5.74) is 3.91. The number of hydrogen-bond donors (Lipinski definition) is 1. The SMILES string of the molecule is CC(C)n1cnc([C@@H]2CN(C(=O)c3ccccc3)c3ccc(C(=O)NCc4ccsc4)cc32)n1. The van der Waals surface area contributed by atoms with Gasteiger partial charge in [-0.25, -0.2) is 4.98 Å². The summed E-state index contributed by atoms with van der Waals surface area (Å²) in [7, 11) is 0. The molecule has 0 radical (unpaired) electrons. The highest BCUT2D eigenvalue weighted by Crippen LogP contribution is 2.40. The maximum absolute atomic E-state index is 13.4. The largest absolute Gasteiger partial charge is 0.348 e. The van der Waals surface area contributed by atoms with Crippen molar-refractivity contribution in [2.75, 3.05) is 11.4 Å². The number of nitrogens with zero attached hydrogens (tertiary/aromatic N) is 4. The van der Waals surface area contributed by atoms with E-state index in [4.69, 9.17) is 0 Å². The lowest BCUT2D eigenvalue weighted by atomic mass is 9.98. The fraction of sp³-hybridized carbons (Fsp3) is 0.231. The molecule has 0 spiro atoms. The minimum Gasteiger partial charge on any atom is -0.348 e. The number of nitrogens with one attached hydrogen (secondary N) is 1. The maximum atomic E-state index is 13.4. The molecule has 0 bridgehead atoms. The van der Waals surface area contributed by atoms with Gasteiger partial charge in [0.15, 0.2) is 5.82 Å². The van der Waals surface area contributed by atoms with Gasteiger partial charge in [0.05, 0.1) is 5.92 Å². The van der Waals surface area contributed by atoms with Crippen molar-refractivity contribution in [3.8, 4) is 0 Å². The molecule has 5 rings (SSSR count). The summed E-state index contributed by atoms with van der Waals surface area (Å²) in [5, 5.41) is 11.7. The first-order chi connectivity index (χ1) is 16.5. The molecule has 0 saturated heterocycles. The van der Waals surface area contributed by atoms with Crippen LogP contribution in [0, 0.1) is 0 Å². The van der Waals surface area contributed by atoms with Crippen molar-refractivity contribution in [1.29, 1.82) is 0 Å². The van der Waals surface area contributed by atoms with Crippen LogP contribution in [-0.2, 0) is 6.54 Å². The van der Waals surface area contributed by atoms with Crippen molar-refractivity contribution in [3.05, 3.63) is 99.8 Å². The van der Waals surface area contributed by atoms with E-state index in [0.29, 0.717) is 30.0 Å². The predicted molar refractivity (Wildman–Crippen MR) is 132 cm³/mol. The Bertz CT molecular complexity index is 1310. The minimum absolute atomic E-state index is 0.0812. The summed E-state index contributed by atoms with van der Waals surface area (Å²) in [6.07, 6.45) is 1.72. The summed E-state index contributed by atoms with van der Waals surface area (Å²) in [4.78, 5) is 32.6. The van der Waals surface area contributed by atoms with E-state index in [0.717, 1.165) is 16.8 Å². The number of carbonyl (C=O) groups excluding carboxylic acids is 2. The average molecular weight is 472 g/mol. The molecule has 34 heavy (non-hydrogen) atoms. The molecule has 172 valence electrons. The third kappa shape index (κ3) is 4.24. The van der Waals surface area contributed by atoms with Crippen LogP contribution in [0.25, 0.3) is 0 Å². The van der Waals surface area contributed by atoms with E-state index in [9.17, 15) is 9.59 Å². The molecule has 0 aliphatic carbocycles. The monoisotopic (exact) mass is 471 g/mol. The van der Waals surface area contributed by atoms with Gasteiger partial charge in [-0.1, -0.05) is 18.2 Å². The Morgan fingerprint density at radius 3 is 2.65 bits per heavy atom. The van der Waals surface area contributed by atoms with Gasteiger partial charge in [0.2, 0.25) is 0 Å². The smallest absolute Gasteiger partial charge is 0.258 e. The molecular weight excluding hydrogens is 446 g/mol. The van der Waals surface area contributed by atoms with Gasteiger partial charge in [0.25, 0.3) is 11.8 Å². The van der Waals surface area contributed by atoms with Crippen LogP contribution < -0.4 is 10.2 Å². The van der Waals surface area contributed by atoms with Crippen molar-refractivity contribution in [1.82, 2.24) is 20.1 Å². The molecule has 3 heterocycles. The second-order valence-electron chi connectivity index (χ2n) is 8.60. The zero-order valence-electron chi connectivity index (χ0n) is 19.0. The molecule has 1 atom stereocenters. The number of rotatable bonds is 6. The highest BCUT2D eigenvalue weighted by molar-refractivity contribution is 7.07. The standard InChI is InChI=1S/C26H25N5O2S/c1-17(2)31-16-28-24(29-31)22-14-30(26(33)19-6-4-3-5-7-19)23-9-8-20(12-21(22)23)25(32)27-13-18-10-11-34-15-18/h3-12,15-17,22H,13-14H2,1-2H3,(H,27,32)/t22-/m1/s1. The molecule has 1 aliphatic heterocycles. The lowest BCUT2D eigenvalue weighted by Crippen LogP contribution is -2.30. The second-order valence-corrected chi connectivity index (χ2v) is 9.38. The molecule has 2 aromatic heterocycles. The number of thiophene rings is 1. The molecule has 7 nitrogen and oxygen atoms in total. The summed E-state index contributed by atoms with van der Waals surface area (Å²) >= 11 is 1.60. The van der Waals surface area contributed by atoms with Crippen molar-refractivity contribution >= 4 is 28.8 Å². The third-order valence-corrected chi connectivity index (χ3v) is 6.72. The van der Waals surface area contributed by atoms with Gasteiger partial charge in [-0.05, 0) is 72.1 Å². The Morgan fingerprint density at radius 2 is 1.94 bits per heavy atom. The van der Waals surface area contributed by atoms with E-state index < -0.39 is 0 Å². The molecule has 1 aliphatic rings. The Morgan fingerprint density at radius 1 is 1.12 bits per heavy atom. The van der Waals surface area contributed by atoms with Crippen LogP contribution >= 0.6 is 11.3 Å².